The second kappa shape index (κ2) is 3.19. The van der Waals surface area contributed by atoms with Crippen LogP contribution in [0.5, 0.6) is 0 Å². The summed E-state index contributed by atoms with van der Waals surface area (Å²) in [5.74, 6) is 1.23. The summed E-state index contributed by atoms with van der Waals surface area (Å²) in [6.07, 6.45) is 2.39. The van der Waals surface area contributed by atoms with Crippen molar-refractivity contribution in [1.29, 1.82) is 0 Å². The van der Waals surface area contributed by atoms with Gasteiger partial charge in [-0.2, -0.15) is 0 Å². The molecule has 1 saturated carbocycles. The van der Waals surface area contributed by atoms with E-state index in [-0.39, 0.29) is 6.10 Å². The molecule has 1 aromatic rings. The topological polar surface area (TPSA) is 20.2 Å². The van der Waals surface area contributed by atoms with Crippen molar-refractivity contribution in [3.63, 3.8) is 0 Å². The molecule has 0 aromatic carbocycles. The molecule has 2 unspecified atom stereocenters. The molecule has 0 bridgehead atoms. The molecule has 1 aliphatic rings. The lowest BCUT2D eigenvalue weighted by Crippen LogP contribution is -2.09. The Morgan fingerprint density at radius 1 is 1.58 bits per heavy atom. The van der Waals surface area contributed by atoms with E-state index >= 15 is 0 Å². The third-order valence-electron chi connectivity index (χ3n) is 2.70. The van der Waals surface area contributed by atoms with Crippen LogP contribution < -0.4 is 0 Å². The van der Waals surface area contributed by atoms with Crippen molar-refractivity contribution >= 4 is 11.3 Å². The molecule has 0 radical (unpaired) electrons. The fraction of sp³-hybridized carbons (Fsp3) is 0.600. The maximum atomic E-state index is 9.90. The van der Waals surface area contributed by atoms with Crippen LogP contribution in [0.4, 0.5) is 0 Å². The van der Waals surface area contributed by atoms with Gasteiger partial charge in [0.15, 0.2) is 0 Å². The van der Waals surface area contributed by atoms with E-state index in [0.717, 1.165) is 10.8 Å². The van der Waals surface area contributed by atoms with Crippen LogP contribution in [0.2, 0.25) is 0 Å². The highest BCUT2D eigenvalue weighted by atomic mass is 32.1. The van der Waals surface area contributed by atoms with Crippen molar-refractivity contribution in [2.24, 2.45) is 11.8 Å². The summed E-state index contributed by atoms with van der Waals surface area (Å²) in [7, 11) is 0. The number of rotatable bonds is 3. The van der Waals surface area contributed by atoms with E-state index in [9.17, 15) is 5.11 Å². The average molecular weight is 182 g/mol. The zero-order valence-electron chi connectivity index (χ0n) is 7.23. The predicted octanol–water partition coefficient (Wildman–Crippen LogP) is 2.83. The maximum absolute atomic E-state index is 9.90. The molecule has 12 heavy (non-hydrogen) atoms. The van der Waals surface area contributed by atoms with Crippen LogP contribution in [0.25, 0.3) is 0 Å². The summed E-state index contributed by atoms with van der Waals surface area (Å²) in [5.41, 5.74) is 0. The first-order chi connectivity index (χ1) is 5.79. The maximum Gasteiger partial charge on any atom is 0.0910 e. The molecule has 1 heterocycles. The van der Waals surface area contributed by atoms with Crippen molar-refractivity contribution in [3.8, 4) is 0 Å². The van der Waals surface area contributed by atoms with Gasteiger partial charge in [0.1, 0.15) is 0 Å². The van der Waals surface area contributed by atoms with E-state index < -0.39 is 0 Å². The summed E-state index contributed by atoms with van der Waals surface area (Å²) in [6, 6.07) is 4.02. The van der Waals surface area contributed by atoms with Gasteiger partial charge in [-0.25, -0.2) is 0 Å². The fourth-order valence-electron chi connectivity index (χ4n) is 1.60. The highest BCUT2D eigenvalue weighted by Crippen LogP contribution is 2.43. The van der Waals surface area contributed by atoms with Gasteiger partial charge < -0.3 is 5.11 Å². The largest absolute Gasteiger partial charge is 0.387 e. The van der Waals surface area contributed by atoms with Crippen molar-refractivity contribution in [1.82, 2.24) is 0 Å². The highest BCUT2D eigenvalue weighted by Gasteiger charge is 2.33. The molecule has 1 N–H and O–H groups in total. The van der Waals surface area contributed by atoms with Gasteiger partial charge in [-0.1, -0.05) is 13.0 Å². The molecule has 0 amide bonds. The fourth-order valence-corrected chi connectivity index (χ4v) is 2.42. The summed E-state index contributed by atoms with van der Waals surface area (Å²) >= 11 is 1.65. The van der Waals surface area contributed by atoms with Crippen LogP contribution in [-0.4, -0.2) is 5.11 Å². The minimum atomic E-state index is -0.225. The molecule has 2 atom stereocenters. The minimum Gasteiger partial charge on any atom is -0.387 e. The van der Waals surface area contributed by atoms with Gasteiger partial charge in [0.2, 0.25) is 0 Å². The minimum absolute atomic E-state index is 0.225. The Hall–Kier alpha value is -0.340. The Morgan fingerprint density at radius 2 is 2.33 bits per heavy atom. The first-order valence-electron chi connectivity index (χ1n) is 4.50. The summed E-state index contributed by atoms with van der Waals surface area (Å²) < 4.78 is 0. The van der Waals surface area contributed by atoms with Crippen molar-refractivity contribution in [3.05, 3.63) is 22.4 Å². The van der Waals surface area contributed by atoms with Gasteiger partial charge in [-0.05, 0) is 36.1 Å². The number of hydrogen-bond acceptors (Lipinski definition) is 2. The Kier molecular flexibility index (Phi) is 2.20. The normalized spacial score (nSPS) is 22.2. The molecule has 1 aliphatic carbocycles. The van der Waals surface area contributed by atoms with Gasteiger partial charge in [-0.15, -0.1) is 11.3 Å². The Morgan fingerprint density at radius 3 is 2.83 bits per heavy atom. The third kappa shape index (κ3) is 1.54. The van der Waals surface area contributed by atoms with E-state index in [4.69, 9.17) is 0 Å². The Bertz CT molecular complexity index is 238. The molecule has 1 aromatic heterocycles. The van der Waals surface area contributed by atoms with E-state index in [2.05, 4.69) is 6.92 Å². The standard InChI is InChI=1S/C10H14OS/c1-7(8-4-5-8)10(11)9-3-2-6-12-9/h2-3,6-8,10-11H,4-5H2,1H3. The lowest BCUT2D eigenvalue weighted by Gasteiger charge is -2.16. The molecule has 1 nitrogen and oxygen atoms in total. The molecule has 0 saturated heterocycles. The smallest absolute Gasteiger partial charge is 0.0910 e. The number of hydrogen-bond donors (Lipinski definition) is 1. The van der Waals surface area contributed by atoms with Crippen LogP contribution in [0.15, 0.2) is 17.5 Å². The first-order valence-corrected chi connectivity index (χ1v) is 5.38. The van der Waals surface area contributed by atoms with Crippen molar-refractivity contribution in [2.75, 3.05) is 0 Å². The average Bonchev–Trinajstić information content (AvgIpc) is 2.79. The lowest BCUT2D eigenvalue weighted by atomic mass is 9.98. The summed E-state index contributed by atoms with van der Waals surface area (Å²) in [6.45, 7) is 2.15. The summed E-state index contributed by atoms with van der Waals surface area (Å²) in [5, 5.41) is 11.9. The van der Waals surface area contributed by atoms with Gasteiger partial charge in [0, 0.05) is 4.88 Å². The lowest BCUT2D eigenvalue weighted by molar-refractivity contribution is 0.109. The van der Waals surface area contributed by atoms with E-state index in [1.807, 2.05) is 17.5 Å². The summed E-state index contributed by atoms with van der Waals surface area (Å²) in [4.78, 5) is 1.12. The first kappa shape index (κ1) is 8.27. The molecule has 0 aliphatic heterocycles. The molecule has 0 spiro atoms. The number of thiophene rings is 1. The third-order valence-corrected chi connectivity index (χ3v) is 3.64. The number of aliphatic hydroxyl groups excluding tert-OH is 1. The van der Waals surface area contributed by atoms with Gasteiger partial charge >= 0.3 is 0 Å². The SMILES string of the molecule is CC(C1CC1)C(O)c1cccs1. The van der Waals surface area contributed by atoms with Crippen LogP contribution in [0.1, 0.15) is 30.7 Å². The van der Waals surface area contributed by atoms with Crippen molar-refractivity contribution in [2.45, 2.75) is 25.9 Å². The van der Waals surface area contributed by atoms with Gasteiger partial charge in [-0.3, -0.25) is 0 Å². The van der Waals surface area contributed by atoms with Gasteiger partial charge in [0.05, 0.1) is 6.10 Å². The molecule has 66 valence electrons. The van der Waals surface area contributed by atoms with Gasteiger partial charge in [0.25, 0.3) is 0 Å². The molecule has 2 heteroatoms. The molecular formula is C10H14OS. The second-order valence-electron chi connectivity index (χ2n) is 3.66. The second-order valence-corrected chi connectivity index (χ2v) is 4.64. The number of aliphatic hydroxyl groups is 1. The van der Waals surface area contributed by atoms with Crippen LogP contribution in [-0.2, 0) is 0 Å². The van der Waals surface area contributed by atoms with Crippen molar-refractivity contribution < 1.29 is 5.11 Å². The van der Waals surface area contributed by atoms with Crippen LogP contribution >= 0.6 is 11.3 Å². The zero-order valence-corrected chi connectivity index (χ0v) is 8.05. The van der Waals surface area contributed by atoms with E-state index in [1.165, 1.54) is 12.8 Å². The van der Waals surface area contributed by atoms with E-state index in [0.29, 0.717) is 5.92 Å². The molecule has 2 rings (SSSR count). The molecular weight excluding hydrogens is 168 g/mol. The zero-order chi connectivity index (χ0) is 8.55. The monoisotopic (exact) mass is 182 g/mol. The Balaban J connectivity index is 2.03. The predicted molar refractivity (Wildman–Crippen MR) is 51.2 cm³/mol. The Labute approximate surface area is 77.0 Å². The quantitative estimate of drug-likeness (QED) is 0.762. The molecule has 1 fully saturated rings. The van der Waals surface area contributed by atoms with E-state index in [1.54, 1.807) is 11.3 Å². The highest BCUT2D eigenvalue weighted by molar-refractivity contribution is 7.10. The van der Waals surface area contributed by atoms with Crippen LogP contribution in [0, 0.1) is 11.8 Å². The van der Waals surface area contributed by atoms with Crippen LogP contribution in [0.3, 0.4) is 0 Å².